The van der Waals surface area contributed by atoms with Crippen LogP contribution < -0.4 is 5.73 Å². The van der Waals surface area contributed by atoms with E-state index in [0.29, 0.717) is 5.92 Å². The van der Waals surface area contributed by atoms with Crippen LogP contribution in [-0.4, -0.2) is 23.6 Å². The summed E-state index contributed by atoms with van der Waals surface area (Å²) in [6.45, 7) is 0.767. The molecule has 0 spiro atoms. The van der Waals surface area contributed by atoms with E-state index in [1.54, 1.807) is 7.11 Å². The van der Waals surface area contributed by atoms with Crippen molar-refractivity contribution in [1.29, 1.82) is 0 Å². The van der Waals surface area contributed by atoms with E-state index in [2.05, 4.69) is 4.98 Å². The Morgan fingerprint density at radius 3 is 2.94 bits per heavy atom. The zero-order chi connectivity index (χ0) is 12.6. The smallest absolute Gasteiger partial charge is 0.160 e. The highest BCUT2D eigenvalue weighted by Crippen LogP contribution is 2.42. The molecule has 3 rings (SSSR count). The maximum Gasteiger partial charge on any atom is 0.160 e. The molecule has 1 unspecified atom stereocenters. The minimum atomic E-state index is -0.195. The third-order valence-corrected chi connectivity index (χ3v) is 4.54. The number of hydrogen-bond acceptors (Lipinski definition) is 4. The molecule has 4 heteroatoms. The van der Waals surface area contributed by atoms with E-state index >= 15 is 0 Å². The molecule has 2 aliphatic rings. The van der Waals surface area contributed by atoms with Gasteiger partial charge in [0.05, 0.1) is 0 Å². The number of ether oxygens (including phenoxy) is 1. The molecule has 2 N–H and O–H groups in total. The van der Waals surface area contributed by atoms with Crippen LogP contribution in [0.4, 0.5) is 0 Å². The number of methoxy groups -OCH3 is 1. The molecule has 4 nitrogen and oxygen atoms in total. The van der Waals surface area contributed by atoms with Gasteiger partial charge < -0.3 is 10.5 Å². The molecule has 1 atom stereocenters. The number of hydrogen-bond donors (Lipinski definition) is 1. The molecule has 1 saturated carbocycles. The lowest BCUT2D eigenvalue weighted by Crippen LogP contribution is -2.38. The van der Waals surface area contributed by atoms with E-state index in [1.165, 1.54) is 17.7 Å². The molecule has 0 radical (unpaired) electrons. The normalized spacial score (nSPS) is 25.3. The Kier molecular flexibility index (Phi) is 3.08. The van der Waals surface area contributed by atoms with Crippen molar-refractivity contribution in [2.24, 2.45) is 11.7 Å². The van der Waals surface area contributed by atoms with E-state index in [0.717, 1.165) is 44.5 Å². The Morgan fingerprint density at radius 1 is 1.50 bits per heavy atom. The zero-order valence-electron chi connectivity index (χ0n) is 11.0. The van der Waals surface area contributed by atoms with E-state index < -0.39 is 0 Å². The molecule has 1 aromatic rings. The van der Waals surface area contributed by atoms with Gasteiger partial charge in [-0.25, -0.2) is 9.97 Å². The molecule has 1 fully saturated rings. The number of aryl methyl sites for hydroxylation is 1. The number of nitrogens with zero attached hydrogens (tertiary/aromatic N) is 2. The van der Waals surface area contributed by atoms with Crippen LogP contribution in [0.5, 0.6) is 0 Å². The molecule has 2 aliphatic carbocycles. The molecule has 0 aliphatic heterocycles. The molecule has 18 heavy (non-hydrogen) atoms. The van der Waals surface area contributed by atoms with Crippen LogP contribution in [-0.2, 0) is 23.2 Å². The van der Waals surface area contributed by atoms with Crippen LogP contribution in [0.1, 0.15) is 42.8 Å². The maximum atomic E-state index is 5.75. The second-order valence-corrected chi connectivity index (χ2v) is 5.56. The quantitative estimate of drug-likeness (QED) is 0.880. The van der Waals surface area contributed by atoms with E-state index in [4.69, 9.17) is 15.5 Å². The fourth-order valence-corrected chi connectivity index (χ4v) is 3.02. The van der Waals surface area contributed by atoms with Gasteiger partial charge in [0.15, 0.2) is 5.82 Å². The fraction of sp³-hybridized carbons (Fsp3) is 0.714. The van der Waals surface area contributed by atoms with Crippen molar-refractivity contribution in [1.82, 2.24) is 9.97 Å². The van der Waals surface area contributed by atoms with E-state index in [-0.39, 0.29) is 5.60 Å². The van der Waals surface area contributed by atoms with Gasteiger partial charge in [0.25, 0.3) is 0 Å². The summed E-state index contributed by atoms with van der Waals surface area (Å²) >= 11 is 0. The van der Waals surface area contributed by atoms with Crippen LogP contribution in [0, 0.1) is 5.92 Å². The lowest BCUT2D eigenvalue weighted by Gasteiger charge is -2.39. The third-order valence-electron chi connectivity index (χ3n) is 4.54. The third kappa shape index (κ3) is 1.84. The number of aromatic nitrogens is 2. The largest absolute Gasteiger partial charge is 0.370 e. The van der Waals surface area contributed by atoms with Gasteiger partial charge in [0.2, 0.25) is 0 Å². The Morgan fingerprint density at radius 2 is 2.33 bits per heavy atom. The first-order chi connectivity index (χ1) is 8.77. The van der Waals surface area contributed by atoms with Gasteiger partial charge in [-0.1, -0.05) is 0 Å². The predicted octanol–water partition coefficient (Wildman–Crippen LogP) is 1.57. The maximum absolute atomic E-state index is 5.75. The topological polar surface area (TPSA) is 61.0 Å². The molecule has 0 bridgehead atoms. The molecule has 98 valence electrons. The van der Waals surface area contributed by atoms with Crippen molar-refractivity contribution in [3.05, 3.63) is 23.3 Å². The molecule has 0 saturated heterocycles. The highest BCUT2D eigenvalue weighted by molar-refractivity contribution is 5.23. The first-order valence-electron chi connectivity index (χ1n) is 6.88. The van der Waals surface area contributed by atoms with Crippen molar-refractivity contribution in [2.75, 3.05) is 13.7 Å². The second-order valence-electron chi connectivity index (χ2n) is 5.56. The lowest BCUT2D eigenvalue weighted by molar-refractivity contribution is -0.0848. The van der Waals surface area contributed by atoms with Crippen molar-refractivity contribution in [3.63, 3.8) is 0 Å². The minimum absolute atomic E-state index is 0.195. The molecular weight excluding hydrogens is 226 g/mol. The summed E-state index contributed by atoms with van der Waals surface area (Å²) in [5.41, 5.74) is 8.06. The Bertz CT molecular complexity index is 437. The van der Waals surface area contributed by atoms with E-state index in [9.17, 15) is 0 Å². The SMILES string of the molecule is COC1(c2ncc3c(n2)CCC(CN)C3)CCC1. The average Bonchev–Trinajstić information content (AvgIpc) is 2.37. The standard InChI is InChI=1S/C14H21N3O/c1-18-14(5-2-6-14)13-16-9-11-7-10(8-15)3-4-12(11)17-13/h9-10H,2-8,15H2,1H3. The highest BCUT2D eigenvalue weighted by atomic mass is 16.5. The summed E-state index contributed by atoms with van der Waals surface area (Å²) in [6.07, 6.45) is 8.53. The van der Waals surface area contributed by atoms with Gasteiger partial charge >= 0.3 is 0 Å². The van der Waals surface area contributed by atoms with Crippen molar-refractivity contribution >= 4 is 0 Å². The predicted molar refractivity (Wildman–Crippen MR) is 69.1 cm³/mol. The summed E-state index contributed by atoms with van der Waals surface area (Å²) < 4.78 is 5.65. The van der Waals surface area contributed by atoms with Gasteiger partial charge in [-0.05, 0) is 56.6 Å². The summed E-state index contributed by atoms with van der Waals surface area (Å²) in [5, 5.41) is 0. The lowest BCUT2D eigenvalue weighted by atomic mass is 9.79. The second kappa shape index (κ2) is 4.59. The van der Waals surface area contributed by atoms with Crippen LogP contribution >= 0.6 is 0 Å². The number of rotatable bonds is 3. The zero-order valence-corrected chi connectivity index (χ0v) is 11.0. The molecular formula is C14H21N3O. The Balaban J connectivity index is 1.88. The van der Waals surface area contributed by atoms with Crippen molar-refractivity contribution < 1.29 is 4.74 Å². The average molecular weight is 247 g/mol. The van der Waals surface area contributed by atoms with Gasteiger partial charge in [0.1, 0.15) is 5.60 Å². The summed E-state index contributed by atoms with van der Waals surface area (Å²) in [7, 11) is 1.77. The molecule has 1 heterocycles. The van der Waals surface area contributed by atoms with Crippen LogP contribution in [0.25, 0.3) is 0 Å². The van der Waals surface area contributed by atoms with E-state index in [1.807, 2.05) is 6.20 Å². The molecule has 0 aromatic carbocycles. The summed E-state index contributed by atoms with van der Waals surface area (Å²) in [5.74, 6) is 1.49. The van der Waals surface area contributed by atoms with Crippen LogP contribution in [0.3, 0.4) is 0 Å². The monoisotopic (exact) mass is 247 g/mol. The highest BCUT2D eigenvalue weighted by Gasteiger charge is 2.42. The van der Waals surface area contributed by atoms with Crippen LogP contribution in [0.2, 0.25) is 0 Å². The Hall–Kier alpha value is -1.00. The first kappa shape index (κ1) is 12.1. The van der Waals surface area contributed by atoms with Gasteiger partial charge in [0, 0.05) is 19.0 Å². The molecule has 0 amide bonds. The van der Waals surface area contributed by atoms with Gasteiger partial charge in [-0.15, -0.1) is 0 Å². The molecule has 1 aromatic heterocycles. The fourth-order valence-electron chi connectivity index (χ4n) is 3.02. The first-order valence-corrected chi connectivity index (χ1v) is 6.88. The number of fused-ring (bicyclic) bond motifs is 1. The van der Waals surface area contributed by atoms with Gasteiger partial charge in [-0.3, -0.25) is 0 Å². The van der Waals surface area contributed by atoms with Crippen LogP contribution in [0.15, 0.2) is 6.20 Å². The Labute approximate surface area is 108 Å². The van der Waals surface area contributed by atoms with Crippen molar-refractivity contribution in [2.45, 2.75) is 44.1 Å². The van der Waals surface area contributed by atoms with Crippen molar-refractivity contribution in [3.8, 4) is 0 Å². The van der Waals surface area contributed by atoms with Gasteiger partial charge in [-0.2, -0.15) is 0 Å². The summed E-state index contributed by atoms with van der Waals surface area (Å²) in [4.78, 5) is 9.32. The minimum Gasteiger partial charge on any atom is -0.370 e. The summed E-state index contributed by atoms with van der Waals surface area (Å²) in [6, 6.07) is 0. The number of nitrogens with two attached hydrogens (primary N) is 1.